The second kappa shape index (κ2) is 3.18. The van der Waals surface area contributed by atoms with Crippen LogP contribution in [0.4, 0.5) is 0 Å². The van der Waals surface area contributed by atoms with Crippen LogP contribution in [-0.4, -0.2) is 19.1 Å². The molecule has 54 valence electrons. The van der Waals surface area contributed by atoms with Gasteiger partial charge in [-0.05, 0) is 38.8 Å². The Hall–Kier alpha value is -0.0800. The summed E-state index contributed by atoms with van der Waals surface area (Å²) in [6.45, 7) is 4.40. The van der Waals surface area contributed by atoms with Gasteiger partial charge in [0.05, 0.1) is 0 Å². The van der Waals surface area contributed by atoms with E-state index in [1.165, 1.54) is 19.4 Å². The van der Waals surface area contributed by atoms with E-state index in [1.54, 1.807) is 0 Å². The Bertz CT molecular complexity index is 75.0. The monoisotopic (exact) mass is 128 g/mol. The van der Waals surface area contributed by atoms with Crippen LogP contribution in [0.2, 0.25) is 0 Å². The van der Waals surface area contributed by atoms with Gasteiger partial charge in [-0.25, -0.2) is 0 Å². The molecule has 0 aromatic heterocycles. The lowest BCUT2D eigenvalue weighted by Gasteiger charge is -2.25. The maximum atomic E-state index is 5.73. The summed E-state index contributed by atoms with van der Waals surface area (Å²) in [4.78, 5) is 0. The summed E-state index contributed by atoms with van der Waals surface area (Å²) >= 11 is 0. The van der Waals surface area contributed by atoms with E-state index < -0.39 is 0 Å². The fraction of sp³-hybridized carbons (Fsp3) is 1.00. The normalized spacial score (nSPS) is 32.0. The van der Waals surface area contributed by atoms with Crippen molar-refractivity contribution in [3.63, 3.8) is 0 Å². The van der Waals surface area contributed by atoms with Crippen LogP contribution < -0.4 is 11.1 Å². The van der Waals surface area contributed by atoms with Gasteiger partial charge in [0, 0.05) is 6.04 Å². The van der Waals surface area contributed by atoms with E-state index in [1.807, 2.05) is 0 Å². The Kier molecular flexibility index (Phi) is 2.49. The summed E-state index contributed by atoms with van der Waals surface area (Å²) in [7, 11) is 0. The highest BCUT2D eigenvalue weighted by Crippen LogP contribution is 2.11. The van der Waals surface area contributed by atoms with E-state index in [2.05, 4.69) is 12.2 Å². The molecule has 0 aromatic rings. The lowest BCUT2D eigenvalue weighted by atomic mass is 9.94. The fourth-order valence-corrected chi connectivity index (χ4v) is 1.33. The highest BCUT2D eigenvalue weighted by atomic mass is 14.9. The van der Waals surface area contributed by atoms with Crippen LogP contribution in [0.5, 0.6) is 0 Å². The van der Waals surface area contributed by atoms with Gasteiger partial charge in [0.25, 0.3) is 0 Å². The molecule has 1 aliphatic heterocycles. The second-order valence-corrected chi connectivity index (χ2v) is 2.97. The average Bonchev–Trinajstić information content (AvgIpc) is 1.90. The predicted octanol–water partition coefficient (Wildman–Crippen LogP) is 0.333. The average molecular weight is 128 g/mol. The Morgan fingerprint density at radius 2 is 2.44 bits per heavy atom. The van der Waals surface area contributed by atoms with Crippen molar-refractivity contribution < 1.29 is 0 Å². The zero-order valence-electron chi connectivity index (χ0n) is 6.06. The third-order valence-corrected chi connectivity index (χ3v) is 2.08. The van der Waals surface area contributed by atoms with Crippen LogP contribution in [-0.2, 0) is 0 Å². The van der Waals surface area contributed by atoms with Crippen molar-refractivity contribution in [2.75, 3.05) is 13.1 Å². The molecule has 9 heavy (non-hydrogen) atoms. The second-order valence-electron chi connectivity index (χ2n) is 2.97. The van der Waals surface area contributed by atoms with Gasteiger partial charge in [-0.3, -0.25) is 0 Å². The minimum atomic E-state index is 0.373. The van der Waals surface area contributed by atoms with Crippen LogP contribution in [0, 0.1) is 5.92 Å². The Labute approximate surface area is 56.8 Å². The first-order valence-corrected chi connectivity index (χ1v) is 3.77. The topological polar surface area (TPSA) is 38.0 Å². The van der Waals surface area contributed by atoms with Gasteiger partial charge < -0.3 is 11.1 Å². The van der Waals surface area contributed by atoms with E-state index in [0.717, 1.165) is 12.5 Å². The molecule has 0 aliphatic carbocycles. The van der Waals surface area contributed by atoms with Gasteiger partial charge in [0.1, 0.15) is 0 Å². The van der Waals surface area contributed by atoms with Crippen molar-refractivity contribution in [1.82, 2.24) is 5.32 Å². The molecule has 2 atom stereocenters. The Morgan fingerprint density at radius 1 is 1.67 bits per heavy atom. The van der Waals surface area contributed by atoms with E-state index >= 15 is 0 Å². The molecule has 3 N–H and O–H groups in total. The number of rotatable bonds is 1. The van der Waals surface area contributed by atoms with Crippen LogP contribution in [0.15, 0.2) is 0 Å². The molecule has 2 nitrogen and oxygen atoms in total. The molecule has 1 aliphatic rings. The largest absolute Gasteiger partial charge is 0.328 e. The van der Waals surface area contributed by atoms with E-state index in [9.17, 15) is 0 Å². The van der Waals surface area contributed by atoms with Gasteiger partial charge in [0.2, 0.25) is 0 Å². The molecule has 0 bridgehead atoms. The molecule has 0 radical (unpaired) electrons. The SMILES string of the molecule is C[C@@H](N)C1CCCNC1. The first-order valence-electron chi connectivity index (χ1n) is 3.77. The van der Waals surface area contributed by atoms with Crippen LogP contribution in [0.25, 0.3) is 0 Å². The quantitative estimate of drug-likeness (QED) is 0.534. The Morgan fingerprint density at radius 3 is 2.78 bits per heavy atom. The Balaban J connectivity index is 2.23. The predicted molar refractivity (Wildman–Crippen MR) is 39.2 cm³/mol. The molecule has 0 spiro atoms. The molecule has 2 heteroatoms. The minimum absolute atomic E-state index is 0.373. The molecule has 1 fully saturated rings. The van der Waals surface area contributed by atoms with Crippen molar-refractivity contribution in [2.45, 2.75) is 25.8 Å². The highest BCUT2D eigenvalue weighted by molar-refractivity contribution is 4.74. The maximum absolute atomic E-state index is 5.73. The van der Waals surface area contributed by atoms with E-state index in [0.29, 0.717) is 6.04 Å². The minimum Gasteiger partial charge on any atom is -0.328 e. The lowest BCUT2D eigenvalue weighted by molar-refractivity contribution is 0.335. The smallest absolute Gasteiger partial charge is 0.00508 e. The summed E-state index contributed by atoms with van der Waals surface area (Å²) < 4.78 is 0. The molecular formula is C7H16N2. The molecule has 1 unspecified atom stereocenters. The van der Waals surface area contributed by atoms with Gasteiger partial charge in [0.15, 0.2) is 0 Å². The first kappa shape index (κ1) is 7.03. The number of hydrogen-bond acceptors (Lipinski definition) is 2. The van der Waals surface area contributed by atoms with Crippen molar-refractivity contribution in [3.8, 4) is 0 Å². The van der Waals surface area contributed by atoms with E-state index in [-0.39, 0.29) is 0 Å². The van der Waals surface area contributed by atoms with Gasteiger partial charge in [-0.1, -0.05) is 0 Å². The lowest BCUT2D eigenvalue weighted by Crippen LogP contribution is -2.39. The molecule has 1 rings (SSSR count). The first-order chi connectivity index (χ1) is 4.30. The fourth-order valence-electron chi connectivity index (χ4n) is 1.33. The zero-order valence-corrected chi connectivity index (χ0v) is 6.06. The van der Waals surface area contributed by atoms with Crippen molar-refractivity contribution in [3.05, 3.63) is 0 Å². The highest BCUT2D eigenvalue weighted by Gasteiger charge is 2.15. The zero-order chi connectivity index (χ0) is 6.69. The summed E-state index contributed by atoms with van der Waals surface area (Å²) in [6, 6.07) is 0.373. The standard InChI is InChI=1S/C7H16N2/c1-6(8)7-3-2-4-9-5-7/h6-7,9H,2-5,8H2,1H3/t6-,7?/m1/s1. The summed E-state index contributed by atoms with van der Waals surface area (Å²) in [5, 5.41) is 3.34. The molecule has 0 aromatic carbocycles. The van der Waals surface area contributed by atoms with Gasteiger partial charge in [-0.2, -0.15) is 0 Å². The summed E-state index contributed by atoms with van der Waals surface area (Å²) in [6.07, 6.45) is 2.61. The van der Waals surface area contributed by atoms with Crippen LogP contribution >= 0.6 is 0 Å². The van der Waals surface area contributed by atoms with Gasteiger partial charge in [-0.15, -0.1) is 0 Å². The third-order valence-electron chi connectivity index (χ3n) is 2.08. The maximum Gasteiger partial charge on any atom is 0.00508 e. The van der Waals surface area contributed by atoms with Crippen molar-refractivity contribution in [1.29, 1.82) is 0 Å². The van der Waals surface area contributed by atoms with Crippen molar-refractivity contribution >= 4 is 0 Å². The molecule has 0 amide bonds. The third kappa shape index (κ3) is 1.95. The van der Waals surface area contributed by atoms with Crippen LogP contribution in [0.3, 0.4) is 0 Å². The number of nitrogens with one attached hydrogen (secondary N) is 1. The summed E-state index contributed by atoms with van der Waals surface area (Å²) in [5.74, 6) is 0.721. The van der Waals surface area contributed by atoms with E-state index in [4.69, 9.17) is 5.73 Å². The molecule has 1 saturated heterocycles. The summed E-state index contributed by atoms with van der Waals surface area (Å²) in [5.41, 5.74) is 5.73. The molecular weight excluding hydrogens is 112 g/mol. The van der Waals surface area contributed by atoms with Crippen molar-refractivity contribution in [2.24, 2.45) is 11.7 Å². The molecule has 0 saturated carbocycles. The van der Waals surface area contributed by atoms with Crippen LogP contribution in [0.1, 0.15) is 19.8 Å². The molecule has 1 heterocycles. The number of nitrogens with two attached hydrogens (primary N) is 1. The number of hydrogen-bond donors (Lipinski definition) is 2. The number of piperidine rings is 1. The van der Waals surface area contributed by atoms with Gasteiger partial charge >= 0.3 is 0 Å².